The second kappa shape index (κ2) is 13.8. The van der Waals surface area contributed by atoms with E-state index in [1.807, 2.05) is 23.6 Å². The van der Waals surface area contributed by atoms with Gasteiger partial charge in [0, 0.05) is 30.3 Å². The summed E-state index contributed by atoms with van der Waals surface area (Å²) in [6.45, 7) is 9.40. The van der Waals surface area contributed by atoms with Gasteiger partial charge < -0.3 is 29.8 Å². The van der Waals surface area contributed by atoms with Crippen molar-refractivity contribution in [3.05, 3.63) is 72.3 Å². The number of rotatable bonds is 8. The van der Waals surface area contributed by atoms with E-state index in [-0.39, 0.29) is 29.8 Å². The molecule has 2 saturated heterocycles. The van der Waals surface area contributed by atoms with Crippen molar-refractivity contribution in [1.82, 2.24) is 35.1 Å². The van der Waals surface area contributed by atoms with E-state index in [1.165, 1.54) is 7.11 Å². The summed E-state index contributed by atoms with van der Waals surface area (Å²) in [4.78, 5) is 59.7. The van der Waals surface area contributed by atoms with Crippen LogP contribution in [0.3, 0.4) is 0 Å². The number of carbonyl (C=O) groups excluding carboxylic acids is 3. The number of likely N-dealkylation sites (tertiary alicyclic amines) is 2. The first-order valence-corrected chi connectivity index (χ1v) is 18.9. The lowest BCUT2D eigenvalue weighted by Gasteiger charge is -2.29. The zero-order valence-electron chi connectivity index (χ0n) is 31.0. The Bertz CT molecular complexity index is 2380. The number of H-pyrrole nitrogens is 2. The van der Waals surface area contributed by atoms with Crippen molar-refractivity contribution >= 4 is 61.5 Å². The fourth-order valence-corrected chi connectivity index (χ4v) is 8.33. The van der Waals surface area contributed by atoms with Crippen LogP contribution in [0.25, 0.3) is 54.7 Å². The molecule has 0 bridgehead atoms. The predicted molar refractivity (Wildman–Crippen MR) is 207 cm³/mol. The van der Waals surface area contributed by atoms with Gasteiger partial charge in [-0.05, 0) is 83.7 Å². The first-order valence-electron chi connectivity index (χ1n) is 18.9. The van der Waals surface area contributed by atoms with E-state index in [4.69, 9.17) is 14.7 Å². The molecule has 11 nitrogen and oxygen atoms in total. The van der Waals surface area contributed by atoms with E-state index in [1.54, 1.807) is 0 Å². The van der Waals surface area contributed by atoms with Crippen LogP contribution >= 0.6 is 0 Å². The highest BCUT2D eigenvalue weighted by Gasteiger charge is 2.38. The van der Waals surface area contributed by atoms with Crippen LogP contribution in [0, 0.1) is 11.8 Å². The number of hydrogen-bond acceptors (Lipinski definition) is 6. The smallest absolute Gasteiger partial charge is 0.407 e. The topological polar surface area (TPSA) is 136 Å². The second-order valence-electron chi connectivity index (χ2n) is 15.4. The van der Waals surface area contributed by atoms with Crippen molar-refractivity contribution < 1.29 is 19.1 Å². The predicted octanol–water partition coefficient (Wildman–Crippen LogP) is 8.17. The number of nitrogens with zero attached hydrogens (tertiary/aromatic N) is 4. The summed E-state index contributed by atoms with van der Waals surface area (Å²) in [6, 6.07) is 20.5. The van der Waals surface area contributed by atoms with Gasteiger partial charge in [-0.1, -0.05) is 64.1 Å². The number of benzene rings is 4. The standard InChI is InChI=1S/C42H47N7O4/c1-23(2)20-35(50)48-18-6-8-33(48)39-43-31-16-12-27-21-25(10-14-29(27)37(31)45-39)26-11-15-30-28(22-26)13-17-32-38(30)46-40(44-32)34-9-7-19-49(34)41(51)36(24(3)4)47-42(52)53-5/h10-17,21-24,33-34,36H,6-9,18-20H2,1-5H3,(H,43,45)(H,44,46)(H,47,52)/t33-,34-,36-/m0/s1. The van der Waals surface area contributed by atoms with Gasteiger partial charge >= 0.3 is 6.09 Å². The summed E-state index contributed by atoms with van der Waals surface area (Å²) in [5, 5.41) is 7.03. The molecule has 6 aromatic rings. The quantitative estimate of drug-likeness (QED) is 0.146. The highest BCUT2D eigenvalue weighted by Crippen LogP contribution is 2.37. The summed E-state index contributed by atoms with van der Waals surface area (Å²) in [6.07, 6.45) is 3.51. The molecule has 4 heterocycles. The number of amides is 3. The first-order chi connectivity index (χ1) is 25.6. The fraction of sp³-hybridized carbons (Fsp3) is 0.405. The molecule has 0 unspecified atom stereocenters. The van der Waals surface area contributed by atoms with Gasteiger partial charge in [-0.15, -0.1) is 0 Å². The van der Waals surface area contributed by atoms with Crippen LogP contribution in [0.5, 0.6) is 0 Å². The van der Waals surface area contributed by atoms with Gasteiger partial charge in [0.25, 0.3) is 0 Å². The van der Waals surface area contributed by atoms with Gasteiger partial charge in [-0.3, -0.25) is 9.59 Å². The maximum atomic E-state index is 13.7. The molecular formula is C42H47N7O4. The van der Waals surface area contributed by atoms with Crippen molar-refractivity contribution in [2.45, 2.75) is 77.9 Å². The van der Waals surface area contributed by atoms with Crippen LogP contribution < -0.4 is 5.32 Å². The third-order valence-corrected chi connectivity index (χ3v) is 11.0. The van der Waals surface area contributed by atoms with E-state index in [0.717, 1.165) is 98.6 Å². The first kappa shape index (κ1) is 34.6. The molecule has 3 atom stereocenters. The number of nitrogens with one attached hydrogen (secondary N) is 3. The number of fused-ring (bicyclic) bond motifs is 6. The zero-order chi connectivity index (χ0) is 37.0. The molecule has 2 aliphatic rings. The zero-order valence-corrected chi connectivity index (χ0v) is 31.0. The van der Waals surface area contributed by atoms with E-state index in [2.05, 4.69) is 89.8 Å². The molecule has 3 N–H and O–H groups in total. The minimum absolute atomic E-state index is 0.00945. The molecule has 0 radical (unpaired) electrons. The number of hydrogen-bond donors (Lipinski definition) is 3. The Morgan fingerprint density at radius 1 is 0.774 bits per heavy atom. The molecule has 11 heteroatoms. The van der Waals surface area contributed by atoms with E-state index in [0.29, 0.717) is 18.9 Å². The summed E-state index contributed by atoms with van der Waals surface area (Å²) >= 11 is 0. The number of aromatic amines is 2. The van der Waals surface area contributed by atoms with E-state index in [9.17, 15) is 14.4 Å². The average molecular weight is 714 g/mol. The minimum Gasteiger partial charge on any atom is -0.453 e. The molecule has 2 aliphatic heterocycles. The lowest BCUT2D eigenvalue weighted by molar-refractivity contribution is -0.135. The maximum Gasteiger partial charge on any atom is 0.407 e. The SMILES string of the molecule is COC(=O)N[C@H](C(=O)N1CCC[C@H]1c1nc2c(ccc3cc(-c4ccc5c(ccc6[nH]c([C@@H]7CCCN7C(=O)CC(C)C)nc65)c4)ccc32)[nH]1)C(C)C. The van der Waals surface area contributed by atoms with Crippen molar-refractivity contribution in [3.63, 3.8) is 0 Å². The summed E-state index contributed by atoms with van der Waals surface area (Å²) in [5.41, 5.74) is 5.93. The van der Waals surface area contributed by atoms with Gasteiger partial charge in [-0.25, -0.2) is 14.8 Å². The fourth-order valence-electron chi connectivity index (χ4n) is 8.33. The van der Waals surface area contributed by atoms with Gasteiger partial charge in [-0.2, -0.15) is 0 Å². The third-order valence-electron chi connectivity index (χ3n) is 11.0. The normalized spacial score (nSPS) is 18.3. The van der Waals surface area contributed by atoms with E-state index < -0.39 is 12.1 Å². The number of ether oxygens (including phenoxy) is 1. The monoisotopic (exact) mass is 713 g/mol. The molecule has 0 saturated carbocycles. The van der Waals surface area contributed by atoms with Crippen LogP contribution in [0.4, 0.5) is 4.79 Å². The molecule has 274 valence electrons. The number of imidazole rings is 2. The largest absolute Gasteiger partial charge is 0.453 e. The number of methoxy groups -OCH3 is 1. The number of carbonyl (C=O) groups is 3. The number of aromatic nitrogens is 4. The molecule has 3 amide bonds. The highest BCUT2D eigenvalue weighted by atomic mass is 16.5. The van der Waals surface area contributed by atoms with Gasteiger partial charge in [0.2, 0.25) is 11.8 Å². The van der Waals surface area contributed by atoms with Gasteiger partial charge in [0.05, 0.1) is 41.3 Å². The second-order valence-corrected chi connectivity index (χ2v) is 15.4. The highest BCUT2D eigenvalue weighted by molar-refractivity contribution is 6.07. The van der Waals surface area contributed by atoms with Crippen LogP contribution in [-0.4, -0.2) is 73.9 Å². The molecule has 4 aromatic carbocycles. The average Bonchev–Trinajstić information content (AvgIpc) is 3.97. The van der Waals surface area contributed by atoms with Crippen LogP contribution in [0.2, 0.25) is 0 Å². The van der Waals surface area contributed by atoms with Gasteiger partial charge in [0.1, 0.15) is 17.7 Å². The maximum absolute atomic E-state index is 13.7. The molecule has 53 heavy (non-hydrogen) atoms. The van der Waals surface area contributed by atoms with E-state index >= 15 is 0 Å². The Morgan fingerprint density at radius 3 is 1.81 bits per heavy atom. The van der Waals surface area contributed by atoms with Crippen molar-refractivity contribution in [1.29, 1.82) is 0 Å². The van der Waals surface area contributed by atoms with Crippen molar-refractivity contribution in [2.24, 2.45) is 11.8 Å². The van der Waals surface area contributed by atoms with Crippen LogP contribution in [-0.2, 0) is 14.3 Å². The molecule has 2 aromatic heterocycles. The summed E-state index contributed by atoms with van der Waals surface area (Å²) < 4.78 is 4.79. The molecular weight excluding hydrogens is 667 g/mol. The Kier molecular flexibility index (Phi) is 9.04. The Morgan fingerprint density at radius 2 is 1.30 bits per heavy atom. The number of alkyl carbamates (subject to hydrolysis) is 1. The summed E-state index contributed by atoms with van der Waals surface area (Å²) in [5.74, 6) is 1.94. The molecule has 8 rings (SSSR count). The minimum atomic E-state index is -0.682. The molecule has 0 spiro atoms. The molecule has 2 fully saturated rings. The Hall–Kier alpha value is -5.45. The Labute approximate surface area is 308 Å². The third kappa shape index (κ3) is 6.36. The van der Waals surface area contributed by atoms with Crippen LogP contribution in [0.1, 0.15) is 83.5 Å². The lowest BCUT2D eigenvalue weighted by atomic mass is 9.98. The van der Waals surface area contributed by atoms with Crippen molar-refractivity contribution in [3.8, 4) is 11.1 Å². The Balaban J connectivity index is 1.06. The van der Waals surface area contributed by atoms with Crippen LogP contribution in [0.15, 0.2) is 60.7 Å². The summed E-state index contributed by atoms with van der Waals surface area (Å²) in [7, 11) is 1.30. The molecule has 0 aliphatic carbocycles. The van der Waals surface area contributed by atoms with Crippen molar-refractivity contribution in [2.75, 3.05) is 20.2 Å². The van der Waals surface area contributed by atoms with Gasteiger partial charge in [0.15, 0.2) is 0 Å². The lowest BCUT2D eigenvalue weighted by Crippen LogP contribution is -2.51.